The van der Waals surface area contributed by atoms with Gasteiger partial charge in [-0.2, -0.15) is 9.15 Å². The fourth-order valence-corrected chi connectivity index (χ4v) is 0. The molecule has 0 aromatic carbocycles. The molecule has 0 unspecified atom stereocenters. The van der Waals surface area contributed by atoms with Crippen LogP contribution < -0.4 is 0 Å². The average Bonchev–Trinajstić information content (AvgIpc) is 1.86. The lowest BCUT2D eigenvalue weighted by atomic mass is 14.9. The van der Waals surface area contributed by atoms with Crippen LogP contribution in [-0.4, -0.2) is 73.8 Å². The zero-order chi connectivity index (χ0) is 10.4. The quantitative estimate of drug-likeness (QED) is 0.134. The predicted octanol–water partition coefficient (Wildman–Crippen LogP) is -6.70. The molecule has 15 heavy (non-hydrogen) atoms. The number of hydrogen-bond acceptors (Lipinski definition) is 10. The van der Waals surface area contributed by atoms with Crippen LogP contribution in [0.5, 0.6) is 0 Å². The smallest absolute Gasteiger partial charge is 0.412 e. The molecular weight excluding hydrogens is 264 g/mol. The summed E-state index contributed by atoms with van der Waals surface area (Å²) in [5.74, 6) is 0. The molecule has 0 aromatic heterocycles. The Labute approximate surface area is 84.0 Å². The van der Waals surface area contributed by atoms with E-state index in [-0.39, 0.29) is 16.4 Å². The lowest BCUT2D eigenvalue weighted by Crippen LogP contribution is -2.37. The van der Waals surface area contributed by atoms with Gasteiger partial charge >= 0.3 is 18.1 Å². The Morgan fingerprint density at radius 1 is 0.533 bits per heavy atom. The van der Waals surface area contributed by atoms with Crippen molar-refractivity contribution in [2.24, 2.45) is 0 Å². The van der Waals surface area contributed by atoms with Crippen molar-refractivity contribution < 1.29 is 64.9 Å². The van der Waals surface area contributed by atoms with Crippen LogP contribution in [0, 0.1) is 0 Å². The summed E-state index contributed by atoms with van der Waals surface area (Å²) in [6.07, 6.45) is 0. The van der Waals surface area contributed by atoms with E-state index in [0.29, 0.717) is 0 Å². The summed E-state index contributed by atoms with van der Waals surface area (Å²) < 4.78 is 5.49. The SMILES string of the molecule is O.O.O.OO[Si](O)(O)O.OO[Si](O)(O)O. The second kappa shape index (κ2) is 12.0. The minimum Gasteiger partial charge on any atom is -0.412 e. The largest absolute Gasteiger partial charge is 0.699 e. The van der Waals surface area contributed by atoms with E-state index >= 15 is 0 Å². The molecule has 14 N–H and O–H groups in total. The highest BCUT2D eigenvalue weighted by Gasteiger charge is 2.31. The third-order valence-electron chi connectivity index (χ3n) is 0.245. The molecule has 15 heteroatoms. The van der Waals surface area contributed by atoms with Crippen LogP contribution in [0.25, 0.3) is 0 Å². The molecule has 0 fully saturated rings. The van der Waals surface area contributed by atoms with Crippen molar-refractivity contribution >= 4 is 18.1 Å². The van der Waals surface area contributed by atoms with Crippen LogP contribution in [0.3, 0.4) is 0 Å². The fourth-order valence-electron chi connectivity index (χ4n) is 0. The van der Waals surface area contributed by atoms with Gasteiger partial charge in [0.05, 0.1) is 0 Å². The van der Waals surface area contributed by atoms with E-state index in [0.717, 1.165) is 0 Å². The highest BCUT2D eigenvalue weighted by Crippen LogP contribution is 1.80. The Bertz CT molecular complexity index is 82.1. The van der Waals surface area contributed by atoms with Gasteiger partial charge in [-0.25, -0.2) is 0 Å². The molecule has 0 heterocycles. The zero-order valence-corrected chi connectivity index (χ0v) is 8.89. The molecule has 13 nitrogen and oxygen atoms in total. The van der Waals surface area contributed by atoms with Gasteiger partial charge in [-0.15, -0.1) is 0 Å². The normalized spacial score (nSPS) is 9.60. The first-order valence-corrected chi connectivity index (χ1v) is 5.61. The first kappa shape index (κ1) is 29.4. The van der Waals surface area contributed by atoms with Crippen molar-refractivity contribution in [2.45, 2.75) is 0 Å². The van der Waals surface area contributed by atoms with Crippen LogP contribution in [0.1, 0.15) is 0 Å². The predicted molar refractivity (Wildman–Crippen MR) is 43.1 cm³/mol. The van der Waals surface area contributed by atoms with Gasteiger partial charge in [0.1, 0.15) is 0 Å². The molecule has 0 spiro atoms. The van der Waals surface area contributed by atoms with E-state index in [9.17, 15) is 0 Å². The molecular formula is H14O13Si2. The van der Waals surface area contributed by atoms with Gasteiger partial charge in [0.15, 0.2) is 0 Å². The Balaban J connectivity index is -0.0000000370. The van der Waals surface area contributed by atoms with Crippen LogP contribution >= 0.6 is 0 Å². The second-order valence-corrected chi connectivity index (χ2v) is 3.99. The van der Waals surface area contributed by atoms with Crippen LogP contribution in [-0.2, 0) is 9.15 Å². The Kier molecular flexibility index (Phi) is 23.5. The van der Waals surface area contributed by atoms with E-state index in [2.05, 4.69) is 9.15 Å². The molecule has 0 aliphatic heterocycles. The first-order valence-electron chi connectivity index (χ1n) is 2.12. The minimum atomic E-state index is -4.58. The van der Waals surface area contributed by atoms with Crippen LogP contribution in [0.15, 0.2) is 0 Å². The van der Waals surface area contributed by atoms with E-state index in [4.69, 9.17) is 39.3 Å². The van der Waals surface area contributed by atoms with Crippen molar-refractivity contribution in [3.63, 3.8) is 0 Å². The van der Waals surface area contributed by atoms with Crippen molar-refractivity contribution in [3.8, 4) is 0 Å². The Morgan fingerprint density at radius 2 is 0.600 bits per heavy atom. The minimum absolute atomic E-state index is 0. The summed E-state index contributed by atoms with van der Waals surface area (Å²) in [6, 6.07) is 0. The van der Waals surface area contributed by atoms with Crippen molar-refractivity contribution in [1.29, 1.82) is 0 Å². The molecule has 0 amide bonds. The van der Waals surface area contributed by atoms with E-state index in [1.165, 1.54) is 0 Å². The Hall–Kier alpha value is -0.0862. The molecule has 0 saturated heterocycles. The van der Waals surface area contributed by atoms with E-state index in [1.54, 1.807) is 0 Å². The van der Waals surface area contributed by atoms with Gasteiger partial charge in [0.2, 0.25) is 0 Å². The summed E-state index contributed by atoms with van der Waals surface area (Å²) in [4.78, 5) is 45.6. The highest BCUT2D eigenvalue weighted by atomic mass is 28.4. The van der Waals surface area contributed by atoms with Crippen molar-refractivity contribution in [1.82, 2.24) is 0 Å². The third kappa shape index (κ3) is 56.5. The first-order chi connectivity index (χ1) is 5.12. The number of hydrogen-bond donors (Lipinski definition) is 8. The second-order valence-electron chi connectivity index (χ2n) is 1.33. The fraction of sp³-hybridized carbons (Fsp3) is 0. The Morgan fingerprint density at radius 3 is 0.600 bits per heavy atom. The summed E-state index contributed by atoms with van der Waals surface area (Å²) >= 11 is 0. The summed E-state index contributed by atoms with van der Waals surface area (Å²) in [7, 11) is -9.15. The maximum Gasteiger partial charge on any atom is 0.699 e. The average molecular weight is 278 g/mol. The van der Waals surface area contributed by atoms with E-state index in [1.807, 2.05) is 0 Å². The van der Waals surface area contributed by atoms with Gasteiger partial charge in [0.25, 0.3) is 0 Å². The van der Waals surface area contributed by atoms with Gasteiger partial charge in [0, 0.05) is 0 Å². The molecule has 0 aromatic rings. The van der Waals surface area contributed by atoms with Crippen molar-refractivity contribution in [2.75, 3.05) is 0 Å². The maximum atomic E-state index is 7.60. The molecule has 100 valence electrons. The lowest BCUT2D eigenvalue weighted by Gasteiger charge is -1.98. The molecule has 0 bridgehead atoms. The summed E-state index contributed by atoms with van der Waals surface area (Å²) in [5, 5.41) is 14.4. The topological polar surface area (TPSA) is 275 Å². The van der Waals surface area contributed by atoms with Crippen LogP contribution in [0.4, 0.5) is 0 Å². The monoisotopic (exact) mass is 278 g/mol. The zero-order valence-electron chi connectivity index (χ0n) is 6.89. The van der Waals surface area contributed by atoms with Gasteiger partial charge in [-0.1, -0.05) is 0 Å². The van der Waals surface area contributed by atoms with E-state index < -0.39 is 18.1 Å². The van der Waals surface area contributed by atoms with Gasteiger partial charge < -0.3 is 45.2 Å². The molecule has 0 radical (unpaired) electrons. The molecule has 0 aliphatic rings. The summed E-state index contributed by atoms with van der Waals surface area (Å²) in [6.45, 7) is 0. The highest BCUT2D eigenvalue weighted by molar-refractivity contribution is 6.48. The maximum absolute atomic E-state index is 7.60. The summed E-state index contributed by atoms with van der Waals surface area (Å²) in [5.41, 5.74) is 0. The number of rotatable bonds is 2. The van der Waals surface area contributed by atoms with Crippen molar-refractivity contribution in [3.05, 3.63) is 0 Å². The standard InChI is InChI=1S/2H4O5Si.3H2O/c2*1-5-6(2,3)4;;;/h2*1-4H;3*1H2. The van der Waals surface area contributed by atoms with Crippen LogP contribution in [0.2, 0.25) is 0 Å². The lowest BCUT2D eigenvalue weighted by molar-refractivity contribution is -0.209. The third-order valence-corrected chi connectivity index (χ3v) is 0.735. The molecule has 0 saturated carbocycles. The van der Waals surface area contributed by atoms with Gasteiger partial charge in [-0.3, -0.25) is 10.5 Å². The molecule has 0 atom stereocenters. The molecule has 0 aliphatic carbocycles. The van der Waals surface area contributed by atoms with Gasteiger partial charge in [-0.05, 0) is 0 Å². The molecule has 0 rings (SSSR count).